The molecule has 2 unspecified atom stereocenters. The average Bonchev–Trinajstić information content (AvgIpc) is 2.62. The monoisotopic (exact) mass is 275 g/mol. The molecule has 0 saturated carbocycles. The third-order valence-corrected chi connectivity index (χ3v) is 4.89. The molecule has 0 aliphatic carbocycles. The van der Waals surface area contributed by atoms with Gasteiger partial charge in [-0.15, -0.1) is 0 Å². The molecule has 6 heteroatoms. The third-order valence-electron chi connectivity index (χ3n) is 4.14. The van der Waals surface area contributed by atoms with Gasteiger partial charge in [-0.05, 0) is 38.6 Å². The third kappa shape index (κ3) is 3.91. The summed E-state index contributed by atoms with van der Waals surface area (Å²) in [5.41, 5.74) is 0. The molecule has 2 aliphatic heterocycles. The van der Waals surface area contributed by atoms with Crippen molar-refractivity contribution in [3.8, 4) is 0 Å². The molecule has 0 radical (unpaired) electrons. The smallest absolute Gasteiger partial charge is 0.210 e. The minimum absolute atomic E-state index is 0.0757. The Morgan fingerprint density at radius 2 is 1.83 bits per heavy atom. The average molecular weight is 275 g/mol. The number of nitrogens with one attached hydrogen (secondary N) is 1. The summed E-state index contributed by atoms with van der Waals surface area (Å²) >= 11 is 0. The molecule has 5 nitrogen and oxygen atoms in total. The maximum atomic E-state index is 11.1. The molecule has 2 fully saturated rings. The number of hydrogen-bond acceptors (Lipinski definition) is 4. The van der Waals surface area contributed by atoms with Crippen LogP contribution in [-0.2, 0) is 10.0 Å². The maximum absolute atomic E-state index is 11.1. The van der Waals surface area contributed by atoms with Crippen molar-refractivity contribution in [3.05, 3.63) is 0 Å². The van der Waals surface area contributed by atoms with Crippen molar-refractivity contribution in [1.29, 1.82) is 0 Å². The maximum Gasteiger partial charge on any atom is 0.210 e. The lowest BCUT2D eigenvalue weighted by Gasteiger charge is -2.37. The minimum atomic E-state index is -3.34. The molecule has 2 bridgehead atoms. The van der Waals surface area contributed by atoms with Crippen molar-refractivity contribution >= 4 is 10.0 Å². The van der Waals surface area contributed by atoms with Crippen molar-refractivity contribution in [2.24, 2.45) is 5.14 Å². The lowest BCUT2D eigenvalue weighted by molar-refractivity contribution is 0.149. The zero-order chi connectivity index (χ0) is 13.2. The quantitative estimate of drug-likeness (QED) is 0.729. The fourth-order valence-electron chi connectivity index (χ4n) is 3.33. The van der Waals surface area contributed by atoms with E-state index in [-0.39, 0.29) is 5.75 Å². The van der Waals surface area contributed by atoms with E-state index in [0.29, 0.717) is 24.7 Å². The molecule has 2 heterocycles. The number of nitrogens with zero attached hydrogens (tertiary/aromatic N) is 1. The zero-order valence-corrected chi connectivity index (χ0v) is 12.0. The van der Waals surface area contributed by atoms with E-state index in [4.69, 9.17) is 5.14 Å². The summed E-state index contributed by atoms with van der Waals surface area (Å²) in [4.78, 5) is 2.33. The number of sulfonamides is 1. The molecule has 0 aromatic heterocycles. The SMILES string of the molecule is CCCN(CCS(N)(=O)=O)C1CC2CCC(C1)N2. The molecule has 0 aromatic carbocycles. The molecule has 18 heavy (non-hydrogen) atoms. The highest BCUT2D eigenvalue weighted by Crippen LogP contribution is 2.29. The van der Waals surface area contributed by atoms with Crippen LogP contribution in [0.25, 0.3) is 0 Å². The van der Waals surface area contributed by atoms with E-state index in [9.17, 15) is 8.42 Å². The van der Waals surface area contributed by atoms with Crippen molar-refractivity contribution in [3.63, 3.8) is 0 Å². The number of nitrogens with two attached hydrogens (primary N) is 1. The normalized spacial score (nSPS) is 32.1. The second-order valence-electron chi connectivity index (χ2n) is 5.67. The van der Waals surface area contributed by atoms with Gasteiger partial charge in [-0.1, -0.05) is 6.92 Å². The van der Waals surface area contributed by atoms with Gasteiger partial charge in [-0.2, -0.15) is 0 Å². The van der Waals surface area contributed by atoms with Gasteiger partial charge in [0.05, 0.1) is 5.75 Å². The number of rotatable bonds is 6. The summed E-state index contributed by atoms with van der Waals surface area (Å²) in [7, 11) is -3.34. The Bertz CT molecular complexity index is 360. The van der Waals surface area contributed by atoms with Crippen molar-refractivity contribution in [2.45, 2.75) is 57.2 Å². The van der Waals surface area contributed by atoms with Crippen LogP contribution in [0.3, 0.4) is 0 Å². The molecule has 2 saturated heterocycles. The number of piperidine rings is 1. The summed E-state index contributed by atoms with van der Waals surface area (Å²) in [5, 5.41) is 8.73. The van der Waals surface area contributed by atoms with Gasteiger partial charge in [-0.25, -0.2) is 13.6 Å². The standard InChI is InChI=1S/C12H25N3O2S/c1-2-5-15(6-7-18(13,16)17)12-8-10-3-4-11(9-12)14-10/h10-12,14H,2-9H2,1H3,(H2,13,16,17). The second kappa shape index (κ2) is 5.86. The lowest BCUT2D eigenvalue weighted by atomic mass is 9.98. The van der Waals surface area contributed by atoms with Gasteiger partial charge in [0.25, 0.3) is 0 Å². The lowest BCUT2D eigenvalue weighted by Crippen LogP contribution is -2.49. The van der Waals surface area contributed by atoms with Gasteiger partial charge in [0.2, 0.25) is 10.0 Å². The number of primary sulfonamides is 1. The highest BCUT2D eigenvalue weighted by molar-refractivity contribution is 7.89. The van der Waals surface area contributed by atoms with Gasteiger partial charge in [0, 0.05) is 24.7 Å². The molecule has 3 N–H and O–H groups in total. The Morgan fingerprint density at radius 3 is 2.33 bits per heavy atom. The highest BCUT2D eigenvalue weighted by atomic mass is 32.2. The fraction of sp³-hybridized carbons (Fsp3) is 1.00. The van der Waals surface area contributed by atoms with Crippen LogP contribution < -0.4 is 10.5 Å². The van der Waals surface area contributed by atoms with Crippen LogP contribution in [0.2, 0.25) is 0 Å². The van der Waals surface area contributed by atoms with Crippen molar-refractivity contribution < 1.29 is 8.42 Å². The molecule has 106 valence electrons. The molecule has 2 rings (SSSR count). The minimum Gasteiger partial charge on any atom is -0.311 e. The predicted molar refractivity (Wildman–Crippen MR) is 72.8 cm³/mol. The summed E-state index contributed by atoms with van der Waals surface area (Å²) in [6.45, 7) is 3.69. The first-order valence-electron chi connectivity index (χ1n) is 6.98. The summed E-state index contributed by atoms with van der Waals surface area (Å²) in [6.07, 6.45) is 5.92. The zero-order valence-electron chi connectivity index (χ0n) is 11.1. The van der Waals surface area contributed by atoms with Gasteiger partial charge < -0.3 is 5.32 Å². The van der Waals surface area contributed by atoms with Crippen LogP contribution in [0, 0.1) is 0 Å². The Morgan fingerprint density at radius 1 is 1.22 bits per heavy atom. The Balaban J connectivity index is 1.92. The Hall–Kier alpha value is -0.170. The van der Waals surface area contributed by atoms with E-state index in [1.54, 1.807) is 0 Å². The molecule has 0 aromatic rings. The molecular formula is C12H25N3O2S. The van der Waals surface area contributed by atoms with Crippen LogP contribution in [0.15, 0.2) is 0 Å². The first-order valence-corrected chi connectivity index (χ1v) is 8.70. The van der Waals surface area contributed by atoms with Gasteiger partial charge >= 0.3 is 0 Å². The summed E-state index contributed by atoms with van der Waals surface area (Å²) in [6, 6.07) is 1.82. The van der Waals surface area contributed by atoms with Gasteiger partial charge in [-0.3, -0.25) is 4.90 Å². The van der Waals surface area contributed by atoms with Crippen LogP contribution >= 0.6 is 0 Å². The van der Waals surface area contributed by atoms with E-state index in [2.05, 4.69) is 17.1 Å². The highest BCUT2D eigenvalue weighted by Gasteiger charge is 2.35. The number of fused-ring (bicyclic) bond motifs is 2. The van der Waals surface area contributed by atoms with E-state index in [1.165, 1.54) is 12.8 Å². The first-order chi connectivity index (χ1) is 8.48. The van der Waals surface area contributed by atoms with Crippen LogP contribution in [0.1, 0.15) is 39.0 Å². The summed E-state index contributed by atoms with van der Waals surface area (Å²) in [5.74, 6) is 0.0757. The van der Waals surface area contributed by atoms with Crippen molar-refractivity contribution in [2.75, 3.05) is 18.8 Å². The molecular weight excluding hydrogens is 250 g/mol. The first kappa shape index (κ1) is 14.2. The Labute approximate surface area is 110 Å². The molecule has 0 amide bonds. The topological polar surface area (TPSA) is 75.4 Å². The molecule has 2 atom stereocenters. The summed E-state index contributed by atoms with van der Waals surface area (Å²) < 4.78 is 22.2. The Kier molecular flexibility index (Phi) is 4.64. The van der Waals surface area contributed by atoms with Crippen molar-refractivity contribution in [1.82, 2.24) is 10.2 Å². The largest absolute Gasteiger partial charge is 0.311 e. The molecule has 0 spiro atoms. The van der Waals surface area contributed by atoms with Crippen LogP contribution in [0.4, 0.5) is 0 Å². The van der Waals surface area contributed by atoms with E-state index in [0.717, 1.165) is 25.8 Å². The number of hydrogen-bond donors (Lipinski definition) is 2. The molecule has 2 aliphatic rings. The fourth-order valence-corrected chi connectivity index (χ4v) is 3.82. The van der Waals surface area contributed by atoms with Gasteiger partial charge in [0.15, 0.2) is 0 Å². The van der Waals surface area contributed by atoms with Crippen LogP contribution in [-0.4, -0.2) is 50.3 Å². The van der Waals surface area contributed by atoms with Crippen LogP contribution in [0.5, 0.6) is 0 Å². The van der Waals surface area contributed by atoms with E-state index in [1.807, 2.05) is 0 Å². The second-order valence-corrected chi connectivity index (χ2v) is 7.40. The predicted octanol–water partition coefficient (Wildman–Crippen LogP) is 0.270. The van der Waals surface area contributed by atoms with Gasteiger partial charge in [0.1, 0.15) is 0 Å². The van der Waals surface area contributed by atoms with E-state index >= 15 is 0 Å². The van der Waals surface area contributed by atoms with E-state index < -0.39 is 10.0 Å².